The van der Waals surface area contributed by atoms with Gasteiger partial charge in [-0.25, -0.2) is 19.0 Å². The van der Waals surface area contributed by atoms with Crippen LogP contribution in [-0.2, 0) is 10.0 Å². The third-order valence-corrected chi connectivity index (χ3v) is 5.50. The third kappa shape index (κ3) is 3.74. The summed E-state index contributed by atoms with van der Waals surface area (Å²) in [6.07, 6.45) is 1.47. The van der Waals surface area contributed by atoms with Gasteiger partial charge in [-0.3, -0.25) is 0 Å². The molecule has 0 atom stereocenters. The van der Waals surface area contributed by atoms with E-state index in [-0.39, 0.29) is 10.8 Å². The van der Waals surface area contributed by atoms with Gasteiger partial charge in [-0.15, -0.1) is 10.2 Å². The van der Waals surface area contributed by atoms with Crippen LogP contribution in [0.3, 0.4) is 0 Å². The van der Waals surface area contributed by atoms with Gasteiger partial charge in [0.25, 0.3) is 5.95 Å². The molecule has 0 unspecified atom stereocenters. The summed E-state index contributed by atoms with van der Waals surface area (Å²) < 4.78 is 28.4. The van der Waals surface area contributed by atoms with Gasteiger partial charge in [0.1, 0.15) is 17.0 Å². The molecule has 3 heterocycles. The molecule has 5 aromatic rings. The van der Waals surface area contributed by atoms with E-state index in [0.29, 0.717) is 28.2 Å². The van der Waals surface area contributed by atoms with Gasteiger partial charge in [0.2, 0.25) is 10.0 Å². The van der Waals surface area contributed by atoms with Crippen molar-refractivity contribution in [2.45, 2.75) is 4.90 Å². The standard InChI is InChI=1S/C20H15N7O3S/c21-31(28,29)14-8-5-12(6-9-14)17-10-7-13(30-17)11-22-26-20-24-19-18(25-27-20)15-3-1-2-4-16(15)23-19/h1-11H,(H2,21,28,29)(H2,23,24,26,27)/b22-11-. The number of fused-ring (bicyclic) bond motifs is 3. The molecule has 154 valence electrons. The lowest BCUT2D eigenvalue weighted by Crippen LogP contribution is -2.11. The summed E-state index contributed by atoms with van der Waals surface area (Å²) in [7, 11) is -3.74. The van der Waals surface area contributed by atoms with E-state index in [1.54, 1.807) is 24.3 Å². The number of sulfonamides is 1. The molecule has 0 amide bonds. The smallest absolute Gasteiger partial charge is 0.265 e. The van der Waals surface area contributed by atoms with E-state index >= 15 is 0 Å². The van der Waals surface area contributed by atoms with E-state index in [9.17, 15) is 8.42 Å². The average Bonchev–Trinajstić information content (AvgIpc) is 3.37. The van der Waals surface area contributed by atoms with Crippen LogP contribution >= 0.6 is 0 Å². The lowest BCUT2D eigenvalue weighted by Gasteiger charge is -2.00. The predicted molar refractivity (Wildman–Crippen MR) is 116 cm³/mol. The second-order valence-electron chi connectivity index (χ2n) is 6.64. The molecular formula is C20H15N7O3S. The zero-order valence-electron chi connectivity index (χ0n) is 15.9. The number of benzene rings is 2. The first kappa shape index (κ1) is 18.9. The zero-order valence-corrected chi connectivity index (χ0v) is 16.7. The fourth-order valence-corrected chi connectivity index (χ4v) is 3.62. The Morgan fingerprint density at radius 2 is 1.84 bits per heavy atom. The zero-order chi connectivity index (χ0) is 21.4. The van der Waals surface area contributed by atoms with Crippen LogP contribution in [-0.4, -0.2) is 34.8 Å². The first-order valence-corrected chi connectivity index (χ1v) is 10.7. The van der Waals surface area contributed by atoms with Gasteiger partial charge in [0.15, 0.2) is 5.65 Å². The minimum absolute atomic E-state index is 0.0364. The van der Waals surface area contributed by atoms with Crippen LogP contribution in [0.5, 0.6) is 0 Å². The van der Waals surface area contributed by atoms with Crippen LogP contribution in [0.4, 0.5) is 5.95 Å². The minimum Gasteiger partial charge on any atom is -0.455 e. The van der Waals surface area contributed by atoms with E-state index in [4.69, 9.17) is 9.56 Å². The molecule has 0 saturated carbocycles. The van der Waals surface area contributed by atoms with Crippen LogP contribution in [0.15, 0.2) is 75.1 Å². The summed E-state index contributed by atoms with van der Waals surface area (Å²) in [5.74, 6) is 1.28. The number of para-hydroxylation sites is 1. The number of primary sulfonamides is 1. The Labute approximate surface area is 175 Å². The molecule has 0 spiro atoms. The normalized spacial score (nSPS) is 12.2. The Morgan fingerprint density at radius 1 is 1.03 bits per heavy atom. The largest absolute Gasteiger partial charge is 0.455 e. The molecule has 0 aliphatic rings. The van der Waals surface area contributed by atoms with Gasteiger partial charge in [0.05, 0.1) is 11.1 Å². The molecule has 0 radical (unpaired) electrons. The van der Waals surface area contributed by atoms with Crippen molar-refractivity contribution < 1.29 is 12.8 Å². The highest BCUT2D eigenvalue weighted by Crippen LogP contribution is 2.23. The van der Waals surface area contributed by atoms with Gasteiger partial charge >= 0.3 is 0 Å². The Bertz CT molecular complexity index is 1540. The topological polar surface area (TPSA) is 152 Å². The van der Waals surface area contributed by atoms with Crippen LogP contribution in [0.2, 0.25) is 0 Å². The summed E-state index contributed by atoms with van der Waals surface area (Å²) in [6.45, 7) is 0. The van der Waals surface area contributed by atoms with Crippen molar-refractivity contribution in [3.05, 3.63) is 66.4 Å². The Morgan fingerprint density at radius 3 is 2.65 bits per heavy atom. The molecule has 31 heavy (non-hydrogen) atoms. The maximum Gasteiger partial charge on any atom is 0.265 e. The average molecular weight is 433 g/mol. The summed E-state index contributed by atoms with van der Waals surface area (Å²) in [5, 5.41) is 18.4. The second kappa shape index (κ2) is 7.31. The highest BCUT2D eigenvalue weighted by atomic mass is 32.2. The van der Waals surface area contributed by atoms with Crippen molar-refractivity contribution in [3.8, 4) is 11.3 Å². The molecule has 0 fully saturated rings. The van der Waals surface area contributed by atoms with Gasteiger partial charge in [0, 0.05) is 16.5 Å². The number of furan rings is 1. The van der Waals surface area contributed by atoms with Crippen molar-refractivity contribution >= 4 is 44.3 Å². The Balaban J connectivity index is 1.31. The summed E-state index contributed by atoms with van der Waals surface area (Å²) in [6, 6.07) is 17.3. The molecule has 0 aliphatic carbocycles. The van der Waals surface area contributed by atoms with Crippen molar-refractivity contribution in [2.24, 2.45) is 10.2 Å². The quantitative estimate of drug-likeness (QED) is 0.285. The van der Waals surface area contributed by atoms with Crippen LogP contribution in [0.25, 0.3) is 33.4 Å². The number of rotatable bonds is 5. The van der Waals surface area contributed by atoms with Gasteiger partial charge in [-0.05, 0) is 42.5 Å². The van der Waals surface area contributed by atoms with Gasteiger partial charge in [-0.2, -0.15) is 10.1 Å². The molecule has 11 heteroatoms. The number of hydrazone groups is 1. The number of H-pyrrole nitrogens is 1. The van der Waals surface area contributed by atoms with E-state index in [1.165, 1.54) is 18.3 Å². The van der Waals surface area contributed by atoms with Crippen molar-refractivity contribution in [2.75, 3.05) is 5.43 Å². The number of nitrogens with one attached hydrogen (secondary N) is 2. The van der Waals surface area contributed by atoms with Crippen molar-refractivity contribution in [3.63, 3.8) is 0 Å². The van der Waals surface area contributed by atoms with E-state index in [0.717, 1.165) is 10.9 Å². The first-order valence-electron chi connectivity index (χ1n) is 9.11. The molecule has 2 aromatic carbocycles. The number of aromatic amines is 1. The van der Waals surface area contributed by atoms with Crippen LogP contribution in [0.1, 0.15) is 5.76 Å². The molecule has 4 N–H and O–H groups in total. The summed E-state index contributed by atoms with van der Waals surface area (Å²) in [4.78, 5) is 7.61. The number of nitrogens with zero attached hydrogens (tertiary/aromatic N) is 4. The number of nitrogens with two attached hydrogens (primary N) is 1. The van der Waals surface area contributed by atoms with E-state index in [1.807, 2.05) is 24.3 Å². The lowest BCUT2D eigenvalue weighted by atomic mass is 10.2. The monoisotopic (exact) mass is 433 g/mol. The first-order chi connectivity index (χ1) is 15.0. The van der Waals surface area contributed by atoms with E-state index in [2.05, 4.69) is 30.7 Å². The molecule has 3 aromatic heterocycles. The number of hydrogen-bond donors (Lipinski definition) is 3. The van der Waals surface area contributed by atoms with Gasteiger partial charge < -0.3 is 9.40 Å². The Hall–Kier alpha value is -4.09. The van der Waals surface area contributed by atoms with E-state index < -0.39 is 10.0 Å². The molecule has 0 bridgehead atoms. The minimum atomic E-state index is -3.74. The maximum absolute atomic E-state index is 11.4. The highest BCUT2D eigenvalue weighted by molar-refractivity contribution is 7.89. The lowest BCUT2D eigenvalue weighted by molar-refractivity contribution is 0.574. The number of anilines is 1. The fourth-order valence-electron chi connectivity index (χ4n) is 3.11. The molecular weight excluding hydrogens is 418 g/mol. The molecule has 5 rings (SSSR count). The second-order valence-corrected chi connectivity index (χ2v) is 8.21. The van der Waals surface area contributed by atoms with Crippen molar-refractivity contribution in [1.82, 2.24) is 20.2 Å². The summed E-state index contributed by atoms with van der Waals surface area (Å²) >= 11 is 0. The molecule has 10 nitrogen and oxygen atoms in total. The number of hydrogen-bond acceptors (Lipinski definition) is 8. The maximum atomic E-state index is 11.4. The third-order valence-electron chi connectivity index (χ3n) is 4.57. The molecule has 0 saturated heterocycles. The van der Waals surface area contributed by atoms with Gasteiger partial charge in [-0.1, -0.05) is 18.2 Å². The van der Waals surface area contributed by atoms with Crippen molar-refractivity contribution in [1.29, 1.82) is 0 Å². The summed E-state index contributed by atoms with van der Waals surface area (Å²) in [5.41, 5.74) is 5.66. The molecule has 0 aliphatic heterocycles. The van der Waals surface area contributed by atoms with Crippen LogP contribution in [0, 0.1) is 0 Å². The Kier molecular flexibility index (Phi) is 4.46. The number of aromatic nitrogens is 4. The SMILES string of the molecule is NS(=O)(=O)c1ccc(-c2ccc(/C=N\Nc3nnc4c(n3)[nH]c3ccccc34)o2)cc1. The van der Waals surface area contributed by atoms with Crippen LogP contribution < -0.4 is 10.6 Å². The fraction of sp³-hybridized carbons (Fsp3) is 0. The predicted octanol–water partition coefficient (Wildman–Crippen LogP) is 2.86. The highest BCUT2D eigenvalue weighted by Gasteiger charge is 2.10.